The Labute approximate surface area is 143 Å². The molecule has 0 saturated carbocycles. The molecule has 0 radical (unpaired) electrons. The van der Waals surface area contributed by atoms with E-state index in [4.69, 9.17) is 4.74 Å². The molecular formula is C20H23N3O. The molecule has 1 N–H and O–H groups in total. The van der Waals surface area contributed by atoms with Crippen molar-refractivity contribution in [3.05, 3.63) is 66.1 Å². The van der Waals surface area contributed by atoms with E-state index in [0.29, 0.717) is 0 Å². The summed E-state index contributed by atoms with van der Waals surface area (Å²) in [6.07, 6.45) is 1.98. The number of rotatable bonds is 3. The summed E-state index contributed by atoms with van der Waals surface area (Å²) in [5.74, 6) is 1.89. The van der Waals surface area contributed by atoms with Crippen molar-refractivity contribution in [2.45, 2.75) is 6.92 Å². The van der Waals surface area contributed by atoms with E-state index in [1.807, 2.05) is 30.5 Å². The fourth-order valence-corrected chi connectivity index (χ4v) is 3.22. The number of nitrogens with one attached hydrogen (secondary N) is 1. The van der Waals surface area contributed by atoms with E-state index in [1.54, 1.807) is 0 Å². The maximum atomic E-state index is 6.00. The highest BCUT2D eigenvalue weighted by Gasteiger charge is 2.20. The lowest BCUT2D eigenvalue weighted by Gasteiger charge is -2.36. The van der Waals surface area contributed by atoms with Gasteiger partial charge in [0.2, 0.25) is 0 Å². The lowest BCUT2D eigenvalue weighted by Crippen LogP contribution is -2.47. The Morgan fingerprint density at radius 1 is 0.958 bits per heavy atom. The Hall–Kier alpha value is -2.46. The Bertz CT molecular complexity index is 731. The summed E-state index contributed by atoms with van der Waals surface area (Å²) in [6, 6.07) is 16.9. The second-order valence-corrected chi connectivity index (χ2v) is 6.45. The van der Waals surface area contributed by atoms with Crippen LogP contribution in [0, 0.1) is 6.92 Å². The molecule has 0 aromatic heterocycles. The quantitative estimate of drug-likeness (QED) is 0.937. The Kier molecular flexibility index (Phi) is 4.13. The van der Waals surface area contributed by atoms with Gasteiger partial charge >= 0.3 is 0 Å². The number of fused-ring (bicyclic) bond motifs is 1. The van der Waals surface area contributed by atoms with Gasteiger partial charge in [-0.1, -0.05) is 29.8 Å². The highest BCUT2D eigenvalue weighted by atomic mass is 16.5. The molecule has 2 aliphatic rings. The molecule has 0 bridgehead atoms. The molecule has 24 heavy (non-hydrogen) atoms. The summed E-state index contributed by atoms with van der Waals surface area (Å²) in [5, 5.41) is 3.32. The van der Waals surface area contributed by atoms with E-state index in [-0.39, 0.29) is 0 Å². The Balaban J connectivity index is 1.32. The molecule has 0 unspecified atom stereocenters. The second kappa shape index (κ2) is 6.57. The zero-order chi connectivity index (χ0) is 16.4. The van der Waals surface area contributed by atoms with Crippen LogP contribution in [0.4, 0.5) is 11.4 Å². The third kappa shape index (κ3) is 3.24. The minimum absolute atomic E-state index is 0.850. The van der Waals surface area contributed by atoms with Crippen molar-refractivity contribution in [2.24, 2.45) is 0 Å². The summed E-state index contributed by atoms with van der Waals surface area (Å²) in [4.78, 5) is 4.91. The van der Waals surface area contributed by atoms with Crippen molar-refractivity contribution in [3.63, 3.8) is 0 Å². The minimum Gasteiger partial charge on any atom is -0.457 e. The van der Waals surface area contributed by atoms with Crippen molar-refractivity contribution < 1.29 is 4.74 Å². The first-order valence-corrected chi connectivity index (χ1v) is 8.54. The number of piperazine rings is 1. The van der Waals surface area contributed by atoms with Gasteiger partial charge in [-0.25, -0.2) is 0 Å². The van der Waals surface area contributed by atoms with Crippen molar-refractivity contribution in [2.75, 3.05) is 42.9 Å². The van der Waals surface area contributed by atoms with Gasteiger partial charge in [-0.3, -0.25) is 4.90 Å². The molecule has 0 amide bonds. The molecule has 2 aromatic carbocycles. The van der Waals surface area contributed by atoms with E-state index in [0.717, 1.165) is 49.9 Å². The van der Waals surface area contributed by atoms with E-state index >= 15 is 0 Å². The summed E-state index contributed by atoms with van der Waals surface area (Å²) < 4.78 is 6.00. The Morgan fingerprint density at radius 2 is 1.71 bits per heavy atom. The smallest absolute Gasteiger partial charge is 0.150 e. The standard InChI is InChI=1S/C20H23N3O/c1-16-6-8-17(9-7-16)23-12-10-22(11-13-23)15-18-14-21-19-4-2-3-5-20(19)24-18/h2-9,14,21H,10-13,15H2,1H3. The van der Waals surface area contributed by atoms with Gasteiger partial charge in [-0.05, 0) is 31.2 Å². The molecule has 0 spiro atoms. The van der Waals surface area contributed by atoms with Crippen LogP contribution in [0.1, 0.15) is 5.56 Å². The zero-order valence-electron chi connectivity index (χ0n) is 14.0. The predicted molar refractivity (Wildman–Crippen MR) is 98.6 cm³/mol. The van der Waals surface area contributed by atoms with Gasteiger partial charge < -0.3 is 15.0 Å². The van der Waals surface area contributed by atoms with Crippen molar-refractivity contribution in [1.29, 1.82) is 0 Å². The van der Waals surface area contributed by atoms with Gasteiger partial charge in [-0.15, -0.1) is 0 Å². The van der Waals surface area contributed by atoms with Crippen LogP contribution in [0.15, 0.2) is 60.5 Å². The first-order valence-electron chi connectivity index (χ1n) is 8.54. The topological polar surface area (TPSA) is 27.7 Å². The van der Waals surface area contributed by atoms with Gasteiger partial charge in [-0.2, -0.15) is 0 Å². The lowest BCUT2D eigenvalue weighted by atomic mass is 10.2. The molecule has 4 heteroatoms. The van der Waals surface area contributed by atoms with Crippen LogP contribution in [0.2, 0.25) is 0 Å². The van der Waals surface area contributed by atoms with Gasteiger partial charge in [0.1, 0.15) is 11.5 Å². The van der Waals surface area contributed by atoms with E-state index < -0.39 is 0 Å². The van der Waals surface area contributed by atoms with Gasteiger partial charge in [0.25, 0.3) is 0 Å². The average Bonchev–Trinajstić information content (AvgIpc) is 2.63. The van der Waals surface area contributed by atoms with Crippen molar-refractivity contribution in [1.82, 2.24) is 4.90 Å². The summed E-state index contributed by atoms with van der Waals surface area (Å²) in [6.45, 7) is 7.20. The molecule has 4 rings (SSSR count). The summed E-state index contributed by atoms with van der Waals surface area (Å²) in [5.41, 5.74) is 3.67. The molecule has 0 aliphatic carbocycles. The normalized spacial score (nSPS) is 17.5. The van der Waals surface area contributed by atoms with Gasteiger partial charge in [0.15, 0.2) is 0 Å². The molecule has 2 heterocycles. The van der Waals surface area contributed by atoms with Crippen LogP contribution in [-0.2, 0) is 0 Å². The van der Waals surface area contributed by atoms with Crippen LogP contribution in [0.5, 0.6) is 5.75 Å². The number of anilines is 2. The fraction of sp³-hybridized carbons (Fsp3) is 0.300. The van der Waals surface area contributed by atoms with Crippen molar-refractivity contribution in [3.8, 4) is 5.75 Å². The van der Waals surface area contributed by atoms with Gasteiger partial charge in [0.05, 0.1) is 12.2 Å². The van der Waals surface area contributed by atoms with Crippen LogP contribution in [0.3, 0.4) is 0 Å². The summed E-state index contributed by atoms with van der Waals surface area (Å²) >= 11 is 0. The molecular weight excluding hydrogens is 298 g/mol. The van der Waals surface area contributed by atoms with Crippen LogP contribution in [-0.4, -0.2) is 37.6 Å². The van der Waals surface area contributed by atoms with E-state index in [9.17, 15) is 0 Å². The maximum absolute atomic E-state index is 6.00. The molecule has 0 atom stereocenters. The van der Waals surface area contributed by atoms with Crippen LogP contribution in [0.25, 0.3) is 0 Å². The second-order valence-electron chi connectivity index (χ2n) is 6.45. The van der Waals surface area contributed by atoms with Crippen LogP contribution < -0.4 is 15.0 Å². The number of hydrogen-bond acceptors (Lipinski definition) is 4. The number of aryl methyl sites for hydroxylation is 1. The number of benzene rings is 2. The number of para-hydroxylation sites is 2. The monoisotopic (exact) mass is 321 g/mol. The maximum Gasteiger partial charge on any atom is 0.150 e. The SMILES string of the molecule is Cc1ccc(N2CCN(CC3=CNc4ccccc4O3)CC2)cc1. The Morgan fingerprint density at radius 3 is 2.50 bits per heavy atom. The highest BCUT2D eigenvalue weighted by molar-refractivity contribution is 5.60. The molecule has 124 valence electrons. The lowest BCUT2D eigenvalue weighted by molar-refractivity contribution is 0.242. The van der Waals surface area contributed by atoms with E-state index in [1.165, 1.54) is 11.3 Å². The minimum atomic E-state index is 0.850. The number of ether oxygens (including phenoxy) is 1. The molecule has 2 aromatic rings. The third-order valence-electron chi connectivity index (χ3n) is 4.67. The largest absolute Gasteiger partial charge is 0.457 e. The van der Waals surface area contributed by atoms with Crippen LogP contribution >= 0.6 is 0 Å². The average molecular weight is 321 g/mol. The number of nitrogens with zero attached hydrogens (tertiary/aromatic N) is 2. The first kappa shape index (κ1) is 15.1. The molecule has 1 saturated heterocycles. The predicted octanol–water partition coefficient (Wildman–Crippen LogP) is 3.46. The fourth-order valence-electron chi connectivity index (χ4n) is 3.22. The van der Waals surface area contributed by atoms with Crippen molar-refractivity contribution >= 4 is 11.4 Å². The molecule has 4 nitrogen and oxygen atoms in total. The summed E-state index contributed by atoms with van der Waals surface area (Å²) in [7, 11) is 0. The number of hydrogen-bond donors (Lipinski definition) is 1. The third-order valence-corrected chi connectivity index (χ3v) is 4.67. The van der Waals surface area contributed by atoms with Gasteiger partial charge in [0, 0.05) is 38.1 Å². The highest BCUT2D eigenvalue weighted by Crippen LogP contribution is 2.29. The van der Waals surface area contributed by atoms with E-state index in [2.05, 4.69) is 46.3 Å². The first-order chi connectivity index (χ1) is 11.8. The zero-order valence-corrected chi connectivity index (χ0v) is 14.0. The molecule has 1 fully saturated rings. The molecule has 2 aliphatic heterocycles.